The number of halogens is 3. The molecule has 2 aromatic carbocycles. The van der Waals surface area contributed by atoms with E-state index in [2.05, 4.69) is 10.3 Å². The van der Waals surface area contributed by atoms with Crippen LogP contribution in [0.4, 0.5) is 4.39 Å². The maximum absolute atomic E-state index is 13.8. The van der Waals surface area contributed by atoms with Crippen molar-refractivity contribution in [2.45, 2.75) is 31.2 Å². The van der Waals surface area contributed by atoms with Crippen molar-refractivity contribution in [2.24, 2.45) is 0 Å². The van der Waals surface area contributed by atoms with Crippen LogP contribution in [0.15, 0.2) is 67.0 Å². The normalized spacial score (nSPS) is 18.3. The fourth-order valence-electron chi connectivity index (χ4n) is 4.98. The van der Waals surface area contributed by atoms with Crippen molar-refractivity contribution >= 4 is 40.9 Å². The summed E-state index contributed by atoms with van der Waals surface area (Å²) in [5, 5.41) is 3.52. The number of hydrogen-bond donors (Lipinski definition) is 1. The number of nitrogens with one attached hydrogen (secondary N) is 1. The predicted octanol–water partition coefficient (Wildman–Crippen LogP) is 4.32. The number of hydrogen-bond acceptors (Lipinski definition) is 5. The highest BCUT2D eigenvalue weighted by Gasteiger charge is 2.54. The Bertz CT molecular complexity index is 1380. The van der Waals surface area contributed by atoms with Crippen LogP contribution in [0.25, 0.3) is 0 Å². The van der Waals surface area contributed by atoms with E-state index in [1.807, 2.05) is 0 Å². The Morgan fingerprint density at radius 1 is 0.949 bits per heavy atom. The number of ether oxygens (including phenoxy) is 1. The zero-order chi connectivity index (χ0) is 27.6. The van der Waals surface area contributed by atoms with Gasteiger partial charge in [-0.3, -0.25) is 24.3 Å². The van der Waals surface area contributed by atoms with E-state index in [0.717, 1.165) is 5.56 Å². The summed E-state index contributed by atoms with van der Waals surface area (Å²) >= 11 is 12.1. The fraction of sp³-hybridized carbons (Fsp3) is 0.286. The Labute approximate surface area is 234 Å². The van der Waals surface area contributed by atoms with Crippen LogP contribution in [-0.2, 0) is 16.1 Å². The molecule has 39 heavy (non-hydrogen) atoms. The molecule has 202 valence electrons. The Kier molecular flexibility index (Phi) is 7.83. The van der Waals surface area contributed by atoms with E-state index in [-0.39, 0.29) is 48.6 Å². The molecular weight excluding hydrogens is 546 g/mol. The van der Waals surface area contributed by atoms with Crippen molar-refractivity contribution in [3.63, 3.8) is 0 Å². The van der Waals surface area contributed by atoms with E-state index in [0.29, 0.717) is 23.4 Å². The lowest BCUT2D eigenvalue weighted by molar-refractivity contribution is -0.128. The van der Waals surface area contributed by atoms with Crippen LogP contribution in [0.1, 0.15) is 39.1 Å². The van der Waals surface area contributed by atoms with E-state index < -0.39 is 23.5 Å². The van der Waals surface area contributed by atoms with Gasteiger partial charge in [0.25, 0.3) is 11.8 Å². The smallest absolute Gasteiger partial charge is 0.256 e. The summed E-state index contributed by atoms with van der Waals surface area (Å²) in [4.78, 5) is 47.3. The monoisotopic (exact) mass is 570 g/mol. The van der Waals surface area contributed by atoms with Gasteiger partial charge in [0.1, 0.15) is 17.6 Å². The lowest BCUT2D eigenvalue weighted by atomic mass is 9.96. The van der Waals surface area contributed by atoms with Crippen LogP contribution in [-0.4, -0.2) is 64.0 Å². The van der Waals surface area contributed by atoms with E-state index in [9.17, 15) is 18.8 Å². The topological polar surface area (TPSA) is 91.8 Å². The van der Waals surface area contributed by atoms with Gasteiger partial charge in [0.2, 0.25) is 5.91 Å². The molecule has 2 fully saturated rings. The van der Waals surface area contributed by atoms with Crippen molar-refractivity contribution in [1.29, 1.82) is 0 Å². The molecule has 1 spiro atoms. The minimum atomic E-state index is -1.10. The maximum atomic E-state index is 13.8. The number of aromatic nitrogens is 1. The zero-order valence-corrected chi connectivity index (χ0v) is 22.3. The largest absolute Gasteiger partial charge is 0.353 e. The first-order valence-corrected chi connectivity index (χ1v) is 13.2. The van der Waals surface area contributed by atoms with Gasteiger partial charge in [0.15, 0.2) is 0 Å². The molecule has 0 bridgehead atoms. The van der Waals surface area contributed by atoms with Gasteiger partial charge in [-0.25, -0.2) is 4.39 Å². The Hall–Kier alpha value is -3.53. The lowest BCUT2D eigenvalue weighted by Gasteiger charge is -2.44. The molecule has 2 saturated heterocycles. The summed E-state index contributed by atoms with van der Waals surface area (Å²) in [5.74, 6) is -1.50. The molecule has 0 radical (unpaired) electrons. The standard InChI is InChI=1S/C28H25Cl2FN4O4/c29-22-6-3-20(15-23(22)30)26(37)34-13-9-28(10-14-34)35(27(38)19-1-4-21(31)5-2-19)24(17-39-28)25(36)33-16-18-7-11-32-12-8-18/h1-8,11-12,15,24H,9-10,13-14,16-17H2,(H,33,36)/t24-/m1/s1. The number of likely N-dealkylation sites (tertiary alicyclic amines) is 1. The van der Waals surface area contributed by atoms with Gasteiger partial charge in [-0.15, -0.1) is 0 Å². The second-order valence-electron chi connectivity index (χ2n) is 9.45. The third-order valence-corrected chi connectivity index (χ3v) is 7.83. The molecule has 1 aromatic heterocycles. The molecule has 0 unspecified atom stereocenters. The molecule has 5 rings (SSSR count). The van der Waals surface area contributed by atoms with Crippen LogP contribution in [0.5, 0.6) is 0 Å². The highest BCUT2D eigenvalue weighted by molar-refractivity contribution is 6.42. The van der Waals surface area contributed by atoms with Crippen molar-refractivity contribution in [1.82, 2.24) is 20.1 Å². The molecule has 2 aliphatic heterocycles. The van der Waals surface area contributed by atoms with Crippen LogP contribution in [0, 0.1) is 5.82 Å². The summed E-state index contributed by atoms with van der Waals surface area (Å²) in [6.07, 6.45) is 3.85. The highest BCUT2D eigenvalue weighted by Crippen LogP contribution is 2.39. The second kappa shape index (κ2) is 11.3. The van der Waals surface area contributed by atoms with Crippen LogP contribution >= 0.6 is 23.2 Å². The SMILES string of the molecule is O=C(NCc1ccncc1)[C@H]1COC2(CCN(C(=O)c3ccc(Cl)c(Cl)c3)CC2)N1C(=O)c1ccc(F)cc1. The average Bonchev–Trinajstić information content (AvgIpc) is 3.32. The Morgan fingerprint density at radius 3 is 2.28 bits per heavy atom. The van der Waals surface area contributed by atoms with Gasteiger partial charge >= 0.3 is 0 Å². The average molecular weight is 571 g/mol. The summed E-state index contributed by atoms with van der Waals surface area (Å²) < 4.78 is 19.8. The van der Waals surface area contributed by atoms with E-state index in [4.69, 9.17) is 27.9 Å². The summed E-state index contributed by atoms with van der Waals surface area (Å²) in [6, 6.07) is 12.6. The number of carbonyl (C=O) groups excluding carboxylic acids is 3. The number of pyridine rings is 1. The van der Waals surface area contributed by atoms with Gasteiger partial charge in [-0.1, -0.05) is 23.2 Å². The number of amides is 3. The van der Waals surface area contributed by atoms with Gasteiger partial charge < -0.3 is 15.0 Å². The van der Waals surface area contributed by atoms with Gasteiger partial charge in [0.05, 0.1) is 16.7 Å². The second-order valence-corrected chi connectivity index (χ2v) is 10.3. The zero-order valence-electron chi connectivity index (χ0n) is 20.8. The van der Waals surface area contributed by atoms with Crippen molar-refractivity contribution in [2.75, 3.05) is 19.7 Å². The van der Waals surface area contributed by atoms with Crippen LogP contribution in [0.3, 0.4) is 0 Å². The van der Waals surface area contributed by atoms with Gasteiger partial charge in [-0.05, 0) is 60.2 Å². The molecule has 11 heteroatoms. The van der Waals surface area contributed by atoms with Crippen LogP contribution < -0.4 is 5.32 Å². The van der Waals surface area contributed by atoms with Crippen LogP contribution in [0.2, 0.25) is 10.0 Å². The molecule has 2 aliphatic rings. The number of piperidine rings is 1. The first kappa shape index (κ1) is 27.1. The first-order valence-electron chi connectivity index (χ1n) is 12.4. The van der Waals surface area contributed by atoms with Crippen molar-refractivity contribution in [3.8, 4) is 0 Å². The first-order chi connectivity index (χ1) is 18.8. The number of benzene rings is 2. The fourth-order valence-corrected chi connectivity index (χ4v) is 5.28. The van der Waals surface area contributed by atoms with Crippen molar-refractivity contribution < 1.29 is 23.5 Å². The predicted molar refractivity (Wildman–Crippen MR) is 143 cm³/mol. The minimum absolute atomic E-state index is 0.00412. The minimum Gasteiger partial charge on any atom is -0.353 e. The third kappa shape index (κ3) is 5.61. The molecule has 0 saturated carbocycles. The summed E-state index contributed by atoms with van der Waals surface area (Å²) in [5.41, 5.74) is 0.402. The molecule has 3 aromatic rings. The Morgan fingerprint density at radius 2 is 1.62 bits per heavy atom. The summed E-state index contributed by atoms with van der Waals surface area (Å²) in [6.45, 7) is 0.834. The molecule has 1 N–H and O–H groups in total. The number of nitrogens with zero attached hydrogens (tertiary/aromatic N) is 3. The third-order valence-electron chi connectivity index (χ3n) is 7.09. The van der Waals surface area contributed by atoms with Gasteiger partial charge in [0, 0.05) is 56.0 Å². The molecule has 0 aliphatic carbocycles. The maximum Gasteiger partial charge on any atom is 0.256 e. The van der Waals surface area contributed by atoms with Gasteiger partial charge in [-0.2, -0.15) is 0 Å². The molecule has 8 nitrogen and oxygen atoms in total. The lowest BCUT2D eigenvalue weighted by Crippen LogP contribution is -2.59. The Balaban J connectivity index is 1.36. The molecular formula is C28H25Cl2FN4O4. The van der Waals surface area contributed by atoms with E-state index >= 15 is 0 Å². The molecule has 3 heterocycles. The number of carbonyl (C=O) groups is 3. The molecule has 1 atom stereocenters. The summed E-state index contributed by atoms with van der Waals surface area (Å²) in [7, 11) is 0. The van der Waals surface area contributed by atoms with E-state index in [1.54, 1.807) is 41.6 Å². The molecule has 3 amide bonds. The quantitative estimate of drug-likeness (QED) is 0.493. The number of rotatable bonds is 5. The highest BCUT2D eigenvalue weighted by atomic mass is 35.5. The van der Waals surface area contributed by atoms with E-state index in [1.165, 1.54) is 35.2 Å². The van der Waals surface area contributed by atoms with Crippen molar-refractivity contribution in [3.05, 3.63) is 99.5 Å².